The quantitative estimate of drug-likeness (QED) is 0.761. The molecule has 0 aliphatic rings. The molecule has 2 aromatic rings. The maximum Gasteiger partial charge on any atom is 0.253 e. The summed E-state index contributed by atoms with van der Waals surface area (Å²) < 4.78 is 1.55. The number of hydrogen-bond acceptors (Lipinski definition) is 6. The second-order valence-electron chi connectivity index (χ2n) is 6.48. The number of tetrazole rings is 1. The van der Waals surface area contributed by atoms with Crippen LogP contribution in [-0.4, -0.2) is 43.3 Å². The number of thioether (sulfide) groups is 1. The van der Waals surface area contributed by atoms with Crippen LogP contribution in [0.3, 0.4) is 0 Å². The molecule has 0 bridgehead atoms. The second-order valence-corrected chi connectivity index (χ2v) is 7.54. The summed E-state index contributed by atoms with van der Waals surface area (Å²) in [5.74, 6) is 0.151. The first kappa shape index (κ1) is 18.9. The molecule has 2 N–H and O–H groups in total. The minimum Gasteiger partial charge on any atom is -0.347 e. The zero-order chi connectivity index (χ0) is 18.4. The summed E-state index contributed by atoms with van der Waals surface area (Å²) >= 11 is 1.40. The van der Waals surface area contributed by atoms with E-state index in [2.05, 4.69) is 26.2 Å². The minimum atomic E-state index is -0.352. The standard InChI is InChI=1S/C16H22N6O2S/c1-16(2,3)18-14(24)11-7-5-6-8-12(11)17-13(23)9-10-25-15-19-20-21-22(15)4/h5-8H,9-10H2,1-4H3,(H,17,23)(H,18,24). The number of amides is 2. The van der Waals surface area contributed by atoms with Gasteiger partial charge in [0.15, 0.2) is 0 Å². The van der Waals surface area contributed by atoms with E-state index in [1.54, 1.807) is 36.0 Å². The number of aryl methyl sites for hydroxylation is 1. The van der Waals surface area contributed by atoms with Crippen molar-refractivity contribution in [2.24, 2.45) is 7.05 Å². The van der Waals surface area contributed by atoms with Gasteiger partial charge in [-0.15, -0.1) is 5.10 Å². The van der Waals surface area contributed by atoms with Crippen molar-refractivity contribution in [3.63, 3.8) is 0 Å². The molecule has 0 spiro atoms. The van der Waals surface area contributed by atoms with E-state index in [4.69, 9.17) is 0 Å². The zero-order valence-corrected chi connectivity index (χ0v) is 15.6. The first-order chi connectivity index (χ1) is 11.8. The van der Waals surface area contributed by atoms with Gasteiger partial charge in [0.1, 0.15) is 0 Å². The first-order valence-electron chi connectivity index (χ1n) is 7.83. The summed E-state index contributed by atoms with van der Waals surface area (Å²) in [6.45, 7) is 5.72. The van der Waals surface area contributed by atoms with Crippen LogP contribution < -0.4 is 10.6 Å². The molecule has 0 fully saturated rings. The van der Waals surface area contributed by atoms with Gasteiger partial charge in [0.05, 0.1) is 11.3 Å². The molecule has 1 aromatic heterocycles. The largest absolute Gasteiger partial charge is 0.347 e. The summed E-state index contributed by atoms with van der Waals surface area (Å²) in [6, 6.07) is 6.96. The monoisotopic (exact) mass is 362 g/mol. The van der Waals surface area contributed by atoms with Crippen LogP contribution in [0.2, 0.25) is 0 Å². The number of hydrogen-bond donors (Lipinski definition) is 2. The van der Waals surface area contributed by atoms with Gasteiger partial charge in [0.25, 0.3) is 5.91 Å². The lowest BCUT2D eigenvalue weighted by Crippen LogP contribution is -2.40. The van der Waals surface area contributed by atoms with E-state index in [0.717, 1.165) is 0 Å². The third-order valence-corrected chi connectivity index (χ3v) is 4.09. The molecule has 8 nitrogen and oxygen atoms in total. The van der Waals surface area contributed by atoms with Crippen molar-refractivity contribution in [1.82, 2.24) is 25.5 Å². The molecule has 0 aliphatic heterocycles. The topological polar surface area (TPSA) is 102 Å². The Labute approximate surface area is 150 Å². The summed E-state index contributed by atoms with van der Waals surface area (Å²) in [7, 11) is 1.74. The first-order valence-corrected chi connectivity index (χ1v) is 8.81. The Hall–Kier alpha value is -2.42. The van der Waals surface area contributed by atoms with Crippen LogP contribution in [0.4, 0.5) is 5.69 Å². The number of carbonyl (C=O) groups excluding carboxylic acids is 2. The normalized spacial score (nSPS) is 11.2. The summed E-state index contributed by atoms with van der Waals surface area (Å²) in [5.41, 5.74) is 0.588. The minimum absolute atomic E-state index is 0.168. The molecule has 9 heteroatoms. The molecule has 0 saturated heterocycles. The highest BCUT2D eigenvalue weighted by Crippen LogP contribution is 2.18. The lowest BCUT2D eigenvalue weighted by Gasteiger charge is -2.21. The molecule has 2 amide bonds. The molecule has 1 heterocycles. The van der Waals surface area contributed by atoms with E-state index in [9.17, 15) is 9.59 Å². The SMILES string of the molecule is Cn1nnnc1SCCC(=O)Nc1ccccc1C(=O)NC(C)(C)C. The molecule has 1 aromatic carbocycles. The number of rotatable bonds is 6. The fourth-order valence-electron chi connectivity index (χ4n) is 1.99. The van der Waals surface area contributed by atoms with Crippen LogP contribution in [-0.2, 0) is 11.8 Å². The van der Waals surface area contributed by atoms with Crippen molar-refractivity contribution in [3.8, 4) is 0 Å². The number of carbonyl (C=O) groups is 2. The fraction of sp³-hybridized carbons (Fsp3) is 0.438. The maximum absolute atomic E-state index is 12.4. The lowest BCUT2D eigenvalue weighted by molar-refractivity contribution is -0.115. The Bertz CT molecular complexity index is 753. The molecule has 0 aliphatic carbocycles. The number of aromatic nitrogens is 4. The van der Waals surface area contributed by atoms with Gasteiger partial charge >= 0.3 is 0 Å². The number of anilines is 1. The van der Waals surface area contributed by atoms with Gasteiger partial charge in [-0.1, -0.05) is 23.9 Å². The highest BCUT2D eigenvalue weighted by atomic mass is 32.2. The van der Waals surface area contributed by atoms with Crippen molar-refractivity contribution in [2.75, 3.05) is 11.1 Å². The van der Waals surface area contributed by atoms with Crippen molar-refractivity contribution >= 4 is 29.3 Å². The van der Waals surface area contributed by atoms with E-state index in [0.29, 0.717) is 22.2 Å². The van der Waals surface area contributed by atoms with Crippen LogP contribution in [0.1, 0.15) is 37.6 Å². The Balaban J connectivity index is 1.94. The Morgan fingerprint density at radius 3 is 2.60 bits per heavy atom. The van der Waals surface area contributed by atoms with Crippen LogP contribution in [0.5, 0.6) is 0 Å². The van der Waals surface area contributed by atoms with Crippen molar-refractivity contribution < 1.29 is 9.59 Å². The number of nitrogens with zero attached hydrogens (tertiary/aromatic N) is 4. The predicted octanol–water partition coefficient (Wildman–Crippen LogP) is 1.86. The van der Waals surface area contributed by atoms with E-state index in [1.807, 2.05) is 20.8 Å². The van der Waals surface area contributed by atoms with E-state index in [-0.39, 0.29) is 23.8 Å². The molecule has 0 atom stereocenters. The van der Waals surface area contributed by atoms with Crippen molar-refractivity contribution in [1.29, 1.82) is 0 Å². The van der Waals surface area contributed by atoms with Crippen LogP contribution >= 0.6 is 11.8 Å². The van der Waals surface area contributed by atoms with Crippen LogP contribution in [0.15, 0.2) is 29.4 Å². The Morgan fingerprint density at radius 2 is 1.96 bits per heavy atom. The average molecular weight is 362 g/mol. The average Bonchev–Trinajstić information content (AvgIpc) is 2.91. The molecule has 0 unspecified atom stereocenters. The third kappa shape index (κ3) is 5.86. The summed E-state index contributed by atoms with van der Waals surface area (Å²) in [6.07, 6.45) is 0.284. The third-order valence-electron chi connectivity index (χ3n) is 3.08. The molecule has 2 rings (SSSR count). The number of para-hydroxylation sites is 1. The molecular formula is C16H22N6O2S. The van der Waals surface area contributed by atoms with Gasteiger partial charge in [0, 0.05) is 24.8 Å². The molecule has 0 saturated carbocycles. The lowest BCUT2D eigenvalue weighted by atomic mass is 10.1. The van der Waals surface area contributed by atoms with Crippen LogP contribution in [0.25, 0.3) is 0 Å². The van der Waals surface area contributed by atoms with Gasteiger partial charge < -0.3 is 10.6 Å². The van der Waals surface area contributed by atoms with Gasteiger partial charge in [-0.3, -0.25) is 9.59 Å². The molecular weight excluding hydrogens is 340 g/mol. The zero-order valence-electron chi connectivity index (χ0n) is 14.7. The highest BCUT2D eigenvalue weighted by molar-refractivity contribution is 7.99. The van der Waals surface area contributed by atoms with Crippen LogP contribution in [0, 0.1) is 0 Å². The second kappa shape index (κ2) is 8.11. The van der Waals surface area contributed by atoms with E-state index >= 15 is 0 Å². The highest BCUT2D eigenvalue weighted by Gasteiger charge is 2.18. The fourth-order valence-corrected chi connectivity index (χ4v) is 2.78. The summed E-state index contributed by atoms with van der Waals surface area (Å²) in [5, 5.41) is 17.5. The summed E-state index contributed by atoms with van der Waals surface area (Å²) in [4.78, 5) is 24.5. The number of benzene rings is 1. The maximum atomic E-state index is 12.4. The van der Waals surface area contributed by atoms with Gasteiger partial charge in [0.2, 0.25) is 11.1 Å². The Kier molecular flexibility index (Phi) is 6.13. The van der Waals surface area contributed by atoms with Crippen molar-refractivity contribution in [2.45, 2.75) is 37.9 Å². The molecule has 0 radical (unpaired) electrons. The van der Waals surface area contributed by atoms with E-state index < -0.39 is 0 Å². The molecule has 134 valence electrons. The van der Waals surface area contributed by atoms with Crippen molar-refractivity contribution in [3.05, 3.63) is 29.8 Å². The van der Waals surface area contributed by atoms with Gasteiger partial charge in [-0.2, -0.15) is 0 Å². The van der Waals surface area contributed by atoms with E-state index in [1.165, 1.54) is 11.8 Å². The van der Waals surface area contributed by atoms with Gasteiger partial charge in [-0.05, 0) is 43.3 Å². The number of nitrogens with one attached hydrogen (secondary N) is 2. The van der Waals surface area contributed by atoms with Gasteiger partial charge in [-0.25, -0.2) is 4.68 Å². The smallest absolute Gasteiger partial charge is 0.253 e. The predicted molar refractivity (Wildman–Crippen MR) is 96.4 cm³/mol. The molecule has 25 heavy (non-hydrogen) atoms. The Morgan fingerprint density at radius 1 is 1.24 bits per heavy atom.